The highest BCUT2D eigenvalue weighted by Gasteiger charge is 2.43. The van der Waals surface area contributed by atoms with Crippen molar-refractivity contribution in [3.05, 3.63) is 120 Å². The number of ether oxygens (including phenoxy) is 4. The Kier molecular flexibility index (Phi) is 17.6. The number of hydrogen-bond acceptors (Lipinski definition) is 10. The number of hydrogen-bond donors (Lipinski definition) is 0. The van der Waals surface area contributed by atoms with Crippen molar-refractivity contribution in [3.8, 4) is 23.0 Å². The van der Waals surface area contributed by atoms with Crippen LogP contribution in [-0.2, 0) is 32.0 Å². The van der Waals surface area contributed by atoms with Crippen LogP contribution in [0.2, 0.25) is 13.1 Å². The van der Waals surface area contributed by atoms with Crippen molar-refractivity contribution in [3.63, 3.8) is 0 Å². The van der Waals surface area contributed by atoms with Gasteiger partial charge in [0.1, 0.15) is 61.6 Å². The van der Waals surface area contributed by atoms with E-state index in [0.717, 1.165) is 47.0 Å². The average molecular weight is 849 g/mol. The minimum Gasteiger partial charge on any atom is -0.491 e. The molecule has 0 aliphatic rings. The fourth-order valence-electron chi connectivity index (χ4n) is 6.11. The van der Waals surface area contributed by atoms with Crippen molar-refractivity contribution < 1.29 is 45.5 Å². The molecule has 4 aromatic rings. The zero-order chi connectivity index (χ0) is 43.2. The first-order valence-electron chi connectivity index (χ1n) is 20.6. The highest BCUT2D eigenvalue weighted by Crippen LogP contribution is 2.34. The lowest BCUT2D eigenvalue weighted by Gasteiger charge is -2.36. The molecule has 4 rings (SSSR count). The predicted octanol–water partition coefficient (Wildman–Crippen LogP) is 10.5. The van der Waals surface area contributed by atoms with Crippen molar-refractivity contribution in [2.75, 3.05) is 40.6 Å². The maximum Gasteiger partial charge on any atom is 0.498 e. The normalized spacial score (nSPS) is 15.4. The molecule has 0 aliphatic heterocycles. The fourth-order valence-corrected chi connectivity index (χ4v) is 10.3. The van der Waals surface area contributed by atoms with E-state index in [9.17, 15) is 0 Å². The molecule has 12 heteroatoms. The van der Waals surface area contributed by atoms with E-state index in [0.29, 0.717) is 0 Å². The van der Waals surface area contributed by atoms with Gasteiger partial charge in [-0.2, -0.15) is 0 Å². The molecule has 59 heavy (non-hydrogen) atoms. The van der Waals surface area contributed by atoms with Crippen molar-refractivity contribution >= 4 is 17.6 Å². The summed E-state index contributed by atoms with van der Waals surface area (Å²) in [4.78, 5) is 0. The van der Waals surface area contributed by atoms with Crippen LogP contribution in [0.25, 0.3) is 0 Å². The smallest absolute Gasteiger partial charge is 0.491 e. The number of para-hydroxylation sites is 2. The molecule has 4 atom stereocenters. The van der Waals surface area contributed by atoms with Gasteiger partial charge in [-0.1, -0.05) is 88.4 Å². The van der Waals surface area contributed by atoms with E-state index in [2.05, 4.69) is 52.0 Å². The van der Waals surface area contributed by atoms with E-state index in [1.165, 1.54) is 0 Å². The van der Waals surface area contributed by atoms with E-state index < -0.39 is 41.0 Å². The van der Waals surface area contributed by atoms with Gasteiger partial charge in [0.2, 0.25) is 0 Å². The molecule has 0 aliphatic carbocycles. The summed E-state index contributed by atoms with van der Waals surface area (Å²) >= 11 is 0. The molecule has 0 amide bonds. The summed E-state index contributed by atoms with van der Waals surface area (Å²) in [5.74, 6) is 2.95. The lowest BCUT2D eigenvalue weighted by molar-refractivity contribution is -0.0392. The SMILES string of the molecule is CCC(C)(C)O[Si](C)(OC)OC(COc1ccccc1)COc1ccc(C(C)(C)c2ccc(OCC(COc3ccccc3)O[Si](C)(OC)OC(C)(C)CC)cc2)cc1. The lowest BCUT2D eigenvalue weighted by atomic mass is 9.78. The van der Waals surface area contributed by atoms with Crippen LogP contribution in [0, 0.1) is 0 Å². The van der Waals surface area contributed by atoms with Crippen LogP contribution in [0.4, 0.5) is 0 Å². The van der Waals surface area contributed by atoms with Crippen LogP contribution in [0.15, 0.2) is 109 Å². The van der Waals surface area contributed by atoms with Crippen LogP contribution in [0.3, 0.4) is 0 Å². The minimum absolute atomic E-state index is 0.250. The van der Waals surface area contributed by atoms with E-state index in [-0.39, 0.29) is 31.8 Å². The molecule has 4 aromatic carbocycles. The summed E-state index contributed by atoms with van der Waals surface area (Å²) in [5, 5.41) is 0. The molecule has 0 saturated heterocycles. The molecule has 0 N–H and O–H groups in total. The second-order valence-electron chi connectivity index (χ2n) is 16.6. The molecule has 0 saturated carbocycles. The van der Waals surface area contributed by atoms with Gasteiger partial charge in [0.25, 0.3) is 0 Å². The molecule has 0 spiro atoms. The maximum absolute atomic E-state index is 6.53. The molecular weight excluding hydrogens is 781 g/mol. The Hall–Kier alpha value is -3.73. The highest BCUT2D eigenvalue weighted by molar-refractivity contribution is 6.59. The van der Waals surface area contributed by atoms with Crippen LogP contribution in [0.5, 0.6) is 23.0 Å². The Morgan fingerprint density at radius 1 is 0.441 bits per heavy atom. The maximum atomic E-state index is 6.53. The average Bonchev–Trinajstić information content (AvgIpc) is 3.23. The van der Waals surface area contributed by atoms with Crippen molar-refractivity contribution in [2.45, 2.75) is 110 Å². The number of benzene rings is 4. The third-order valence-corrected chi connectivity index (χ3v) is 15.4. The van der Waals surface area contributed by atoms with Crippen LogP contribution in [0.1, 0.15) is 79.4 Å². The second-order valence-corrected chi connectivity index (χ2v) is 21.7. The zero-order valence-corrected chi connectivity index (χ0v) is 39.4. The van der Waals surface area contributed by atoms with Gasteiger partial charge in [-0.25, -0.2) is 0 Å². The largest absolute Gasteiger partial charge is 0.498 e. The Bertz CT molecular complexity index is 1660. The van der Waals surface area contributed by atoms with Gasteiger partial charge in [0, 0.05) is 32.7 Å². The summed E-state index contributed by atoms with van der Waals surface area (Å²) in [5.41, 5.74) is 1.18. The van der Waals surface area contributed by atoms with E-state index in [4.69, 9.17) is 45.5 Å². The molecule has 0 heterocycles. The van der Waals surface area contributed by atoms with Gasteiger partial charge in [-0.15, -0.1) is 0 Å². The van der Waals surface area contributed by atoms with E-state index in [1.54, 1.807) is 14.2 Å². The molecule has 10 nitrogen and oxygen atoms in total. The minimum atomic E-state index is -3.03. The first kappa shape index (κ1) is 47.9. The topological polar surface area (TPSA) is 92.3 Å². The highest BCUT2D eigenvalue weighted by atomic mass is 28.4. The summed E-state index contributed by atoms with van der Waals surface area (Å²) in [6, 6.07) is 35.7. The molecular formula is C47H68O10Si2. The Labute approximate surface area is 356 Å². The molecule has 324 valence electrons. The van der Waals surface area contributed by atoms with E-state index >= 15 is 0 Å². The lowest BCUT2D eigenvalue weighted by Crippen LogP contribution is -2.52. The summed E-state index contributed by atoms with van der Waals surface area (Å²) in [7, 11) is -2.80. The standard InChI is InChI=1S/C47H68O10Si2/c1-13-45(3,4)56-58(11,48-9)54-43(33-50-39-21-17-15-18-22-39)35-52-41-29-25-37(26-30-41)47(7,8)38-27-31-42(32-28-38)53-36-44(34-51-40-23-19-16-20-24-40)55-59(12,49-10)57-46(5,6)14-2/h15-32,43-44H,13-14,33-36H2,1-12H3. The first-order chi connectivity index (χ1) is 27.9. The van der Waals surface area contributed by atoms with Crippen molar-refractivity contribution in [1.82, 2.24) is 0 Å². The second kappa shape index (κ2) is 21.7. The van der Waals surface area contributed by atoms with Crippen LogP contribution in [-0.4, -0.2) is 81.7 Å². The van der Waals surface area contributed by atoms with Gasteiger partial charge in [0.05, 0.1) is 11.2 Å². The molecule has 0 aromatic heterocycles. The van der Waals surface area contributed by atoms with E-state index in [1.807, 2.05) is 126 Å². The molecule has 4 unspecified atom stereocenters. The monoisotopic (exact) mass is 848 g/mol. The third-order valence-electron chi connectivity index (χ3n) is 10.5. The molecule has 0 radical (unpaired) electrons. The Balaban J connectivity index is 1.41. The Morgan fingerprint density at radius 2 is 0.729 bits per heavy atom. The van der Waals surface area contributed by atoms with Gasteiger partial charge in [-0.05, 0) is 100 Å². The quantitative estimate of drug-likeness (QED) is 0.0569. The van der Waals surface area contributed by atoms with Gasteiger partial charge in [-0.3, -0.25) is 0 Å². The zero-order valence-electron chi connectivity index (χ0n) is 37.4. The van der Waals surface area contributed by atoms with Crippen molar-refractivity contribution in [2.24, 2.45) is 0 Å². The van der Waals surface area contributed by atoms with Gasteiger partial charge in [0.15, 0.2) is 0 Å². The number of rotatable bonds is 26. The summed E-state index contributed by atoms with van der Waals surface area (Å²) in [6.07, 6.45) is 0.747. The summed E-state index contributed by atoms with van der Waals surface area (Å²) in [6.45, 7) is 21.6. The third kappa shape index (κ3) is 15.4. The summed E-state index contributed by atoms with van der Waals surface area (Å²) < 4.78 is 62.4. The van der Waals surface area contributed by atoms with Crippen LogP contribution >= 0.6 is 0 Å². The van der Waals surface area contributed by atoms with Crippen LogP contribution < -0.4 is 18.9 Å². The molecule has 0 fully saturated rings. The predicted molar refractivity (Wildman–Crippen MR) is 238 cm³/mol. The first-order valence-corrected chi connectivity index (χ1v) is 25.1. The Morgan fingerprint density at radius 3 is 1.00 bits per heavy atom. The fraction of sp³-hybridized carbons (Fsp3) is 0.489. The van der Waals surface area contributed by atoms with Gasteiger partial charge < -0.3 is 45.5 Å². The van der Waals surface area contributed by atoms with Gasteiger partial charge >= 0.3 is 17.6 Å². The molecule has 0 bridgehead atoms. The van der Waals surface area contributed by atoms with Crippen molar-refractivity contribution in [1.29, 1.82) is 0 Å².